The molecule has 0 aliphatic heterocycles. The van der Waals surface area contributed by atoms with Gasteiger partial charge in [0.15, 0.2) is 0 Å². The van der Waals surface area contributed by atoms with Gasteiger partial charge >= 0.3 is 5.97 Å². The Morgan fingerprint density at radius 1 is 1.33 bits per heavy atom. The lowest BCUT2D eigenvalue weighted by Gasteiger charge is -2.07. The summed E-state index contributed by atoms with van der Waals surface area (Å²) in [6, 6.07) is 2.50. The van der Waals surface area contributed by atoms with Crippen LogP contribution in [-0.4, -0.2) is 29.1 Å². The first-order valence-electron chi connectivity index (χ1n) is 4.12. The number of hydrogen-bond acceptors (Lipinski definition) is 4. The number of phenols is 1. The monoisotopic (exact) mass is 210 g/mol. The SMILES string of the molecule is COc1cc(C(=O)C(=O)O)c(O)cc1C. The maximum Gasteiger partial charge on any atom is 0.377 e. The number of phenolic OH excluding ortho intramolecular Hbond substituents is 1. The van der Waals surface area contributed by atoms with Crippen LogP contribution >= 0.6 is 0 Å². The molecule has 1 aromatic carbocycles. The minimum absolute atomic E-state index is 0.273. The lowest BCUT2D eigenvalue weighted by molar-refractivity contribution is -0.131. The van der Waals surface area contributed by atoms with Crippen LogP contribution in [0.4, 0.5) is 0 Å². The first-order chi connectivity index (χ1) is 6.97. The smallest absolute Gasteiger partial charge is 0.377 e. The molecular formula is C10H10O5. The van der Waals surface area contributed by atoms with E-state index >= 15 is 0 Å². The number of aliphatic carboxylic acids is 1. The molecule has 0 saturated carbocycles. The van der Waals surface area contributed by atoms with E-state index in [1.165, 1.54) is 19.2 Å². The summed E-state index contributed by atoms with van der Waals surface area (Å²) in [7, 11) is 1.40. The molecule has 0 unspecified atom stereocenters. The van der Waals surface area contributed by atoms with Crippen LogP contribution in [0.25, 0.3) is 0 Å². The average Bonchev–Trinajstić information content (AvgIpc) is 2.17. The van der Waals surface area contributed by atoms with E-state index in [4.69, 9.17) is 9.84 Å². The molecule has 0 radical (unpaired) electrons. The van der Waals surface area contributed by atoms with Gasteiger partial charge in [-0.05, 0) is 24.6 Å². The van der Waals surface area contributed by atoms with E-state index in [1.807, 2.05) is 0 Å². The van der Waals surface area contributed by atoms with Crippen LogP contribution in [0.15, 0.2) is 12.1 Å². The number of carbonyl (C=O) groups is 2. The predicted molar refractivity (Wildman–Crippen MR) is 51.4 cm³/mol. The highest BCUT2D eigenvalue weighted by molar-refractivity contribution is 6.40. The number of aromatic hydroxyl groups is 1. The van der Waals surface area contributed by atoms with Crippen LogP contribution in [0.3, 0.4) is 0 Å². The van der Waals surface area contributed by atoms with Gasteiger partial charge < -0.3 is 14.9 Å². The number of carbonyl (C=O) groups excluding carboxylic acids is 1. The van der Waals surface area contributed by atoms with E-state index in [9.17, 15) is 14.7 Å². The number of ketones is 1. The number of rotatable bonds is 3. The summed E-state index contributed by atoms with van der Waals surface area (Å²) in [6.45, 7) is 1.67. The number of carboxylic acids is 1. The molecule has 0 fully saturated rings. The fraction of sp³-hybridized carbons (Fsp3) is 0.200. The van der Waals surface area contributed by atoms with E-state index in [-0.39, 0.29) is 11.3 Å². The minimum Gasteiger partial charge on any atom is -0.507 e. The van der Waals surface area contributed by atoms with Crippen molar-refractivity contribution in [1.29, 1.82) is 0 Å². The maximum atomic E-state index is 11.1. The van der Waals surface area contributed by atoms with Crippen molar-refractivity contribution in [2.75, 3.05) is 7.11 Å². The molecular weight excluding hydrogens is 200 g/mol. The van der Waals surface area contributed by atoms with Crippen LogP contribution < -0.4 is 4.74 Å². The zero-order valence-electron chi connectivity index (χ0n) is 8.27. The Morgan fingerprint density at radius 3 is 2.40 bits per heavy atom. The molecule has 1 aromatic rings. The van der Waals surface area contributed by atoms with Crippen molar-refractivity contribution in [3.8, 4) is 11.5 Å². The fourth-order valence-corrected chi connectivity index (χ4v) is 1.19. The highest BCUT2D eigenvalue weighted by Crippen LogP contribution is 2.27. The molecule has 2 N–H and O–H groups in total. The van der Waals surface area contributed by atoms with Crippen molar-refractivity contribution in [3.05, 3.63) is 23.3 Å². The van der Waals surface area contributed by atoms with Gasteiger partial charge in [0.05, 0.1) is 12.7 Å². The van der Waals surface area contributed by atoms with Crippen molar-refractivity contribution in [1.82, 2.24) is 0 Å². The predicted octanol–water partition coefficient (Wildman–Crippen LogP) is 0.977. The van der Waals surface area contributed by atoms with Gasteiger partial charge in [-0.2, -0.15) is 0 Å². The molecule has 0 atom stereocenters. The zero-order chi connectivity index (χ0) is 11.6. The summed E-state index contributed by atoms with van der Waals surface area (Å²) in [6.07, 6.45) is 0. The van der Waals surface area contributed by atoms with Gasteiger partial charge in [0, 0.05) is 0 Å². The first kappa shape index (κ1) is 11.0. The molecule has 1 rings (SSSR count). The zero-order valence-corrected chi connectivity index (χ0v) is 8.27. The Morgan fingerprint density at radius 2 is 1.93 bits per heavy atom. The summed E-state index contributed by atoms with van der Waals surface area (Å²) in [5, 5.41) is 17.9. The number of Topliss-reactive ketones (excluding diaryl/α,β-unsaturated/α-hetero) is 1. The van der Waals surface area contributed by atoms with Crippen molar-refractivity contribution in [3.63, 3.8) is 0 Å². The molecule has 5 heteroatoms. The number of methoxy groups -OCH3 is 1. The Labute approximate surface area is 85.9 Å². The summed E-state index contributed by atoms with van der Waals surface area (Å²) in [5.41, 5.74) is 0.349. The molecule has 0 aliphatic carbocycles. The van der Waals surface area contributed by atoms with Crippen LogP contribution in [0.5, 0.6) is 11.5 Å². The Bertz CT molecular complexity index is 422. The molecule has 5 nitrogen and oxygen atoms in total. The van der Waals surface area contributed by atoms with Crippen molar-refractivity contribution in [2.24, 2.45) is 0 Å². The van der Waals surface area contributed by atoms with Gasteiger partial charge in [-0.3, -0.25) is 4.79 Å². The van der Waals surface area contributed by atoms with Gasteiger partial charge in [0.2, 0.25) is 0 Å². The number of ether oxygens (including phenoxy) is 1. The van der Waals surface area contributed by atoms with Gasteiger partial charge in [0.1, 0.15) is 11.5 Å². The van der Waals surface area contributed by atoms with Crippen molar-refractivity contribution >= 4 is 11.8 Å². The first-order valence-corrected chi connectivity index (χ1v) is 4.12. The second-order valence-electron chi connectivity index (χ2n) is 2.97. The third-order valence-corrected chi connectivity index (χ3v) is 1.95. The Hall–Kier alpha value is -2.04. The molecule has 15 heavy (non-hydrogen) atoms. The Balaban J connectivity index is 3.30. The lowest BCUT2D eigenvalue weighted by Crippen LogP contribution is -2.13. The molecule has 0 spiro atoms. The summed E-state index contributed by atoms with van der Waals surface area (Å²) >= 11 is 0. The maximum absolute atomic E-state index is 11.1. The van der Waals surface area contributed by atoms with E-state index in [1.54, 1.807) is 6.92 Å². The molecule has 0 saturated heterocycles. The number of hydrogen-bond donors (Lipinski definition) is 2. The third-order valence-electron chi connectivity index (χ3n) is 1.95. The van der Waals surface area contributed by atoms with Gasteiger partial charge in [0.25, 0.3) is 5.78 Å². The standard InChI is InChI=1S/C10H10O5/c1-5-3-7(11)6(4-8(5)15-2)9(12)10(13)14/h3-4,11H,1-2H3,(H,13,14). The van der Waals surface area contributed by atoms with E-state index in [2.05, 4.69) is 0 Å². The van der Waals surface area contributed by atoms with Crippen molar-refractivity contribution in [2.45, 2.75) is 6.92 Å². The Kier molecular flexibility index (Phi) is 2.94. The van der Waals surface area contributed by atoms with E-state index in [0.717, 1.165) is 0 Å². The average molecular weight is 210 g/mol. The highest BCUT2D eigenvalue weighted by atomic mass is 16.5. The molecule has 0 heterocycles. The second-order valence-corrected chi connectivity index (χ2v) is 2.97. The lowest BCUT2D eigenvalue weighted by atomic mass is 10.1. The largest absolute Gasteiger partial charge is 0.507 e. The molecule has 0 bridgehead atoms. The number of benzene rings is 1. The normalized spacial score (nSPS) is 9.73. The molecule has 0 aromatic heterocycles. The van der Waals surface area contributed by atoms with Crippen molar-refractivity contribution < 1.29 is 24.5 Å². The van der Waals surface area contributed by atoms with Crippen LogP contribution in [0.2, 0.25) is 0 Å². The van der Waals surface area contributed by atoms with Gasteiger partial charge in [-0.25, -0.2) is 4.79 Å². The van der Waals surface area contributed by atoms with Crippen LogP contribution in [0, 0.1) is 6.92 Å². The summed E-state index contributed by atoms with van der Waals surface area (Å²) in [4.78, 5) is 21.6. The second kappa shape index (κ2) is 4.00. The van der Waals surface area contributed by atoms with E-state index < -0.39 is 11.8 Å². The molecule has 0 aliphatic rings. The van der Waals surface area contributed by atoms with Crippen LogP contribution in [0.1, 0.15) is 15.9 Å². The number of carboxylic acid groups (broad SMARTS) is 1. The molecule has 80 valence electrons. The quantitative estimate of drug-likeness (QED) is 0.573. The van der Waals surface area contributed by atoms with E-state index in [0.29, 0.717) is 11.3 Å². The molecule has 0 amide bonds. The fourth-order valence-electron chi connectivity index (χ4n) is 1.19. The minimum atomic E-state index is -1.61. The number of aryl methyl sites for hydroxylation is 1. The highest BCUT2D eigenvalue weighted by Gasteiger charge is 2.20. The van der Waals surface area contributed by atoms with Crippen LogP contribution in [-0.2, 0) is 4.79 Å². The summed E-state index contributed by atoms with van der Waals surface area (Å²) < 4.78 is 4.91. The van der Waals surface area contributed by atoms with Gasteiger partial charge in [-0.1, -0.05) is 0 Å². The third kappa shape index (κ3) is 2.07. The summed E-state index contributed by atoms with van der Waals surface area (Å²) in [5.74, 6) is -2.78. The topological polar surface area (TPSA) is 83.8 Å². The van der Waals surface area contributed by atoms with Gasteiger partial charge in [-0.15, -0.1) is 0 Å².